The SMILES string of the molecule is CCC(C)N(CC(=O)N1CCc2sccc2C1COc1ccccc1F)C(=O)c1ccc2c(c1)OCO2. The van der Waals surface area contributed by atoms with Crippen molar-refractivity contribution >= 4 is 23.2 Å². The van der Waals surface area contributed by atoms with Gasteiger partial charge in [0.1, 0.15) is 13.2 Å². The fourth-order valence-electron chi connectivity index (χ4n) is 4.69. The van der Waals surface area contributed by atoms with Gasteiger partial charge in [-0.15, -0.1) is 11.3 Å². The highest BCUT2D eigenvalue weighted by Gasteiger charge is 2.35. The summed E-state index contributed by atoms with van der Waals surface area (Å²) in [4.78, 5) is 31.8. The van der Waals surface area contributed by atoms with Gasteiger partial charge in [-0.2, -0.15) is 0 Å². The molecule has 0 aliphatic carbocycles. The van der Waals surface area contributed by atoms with Crippen molar-refractivity contribution in [3.63, 3.8) is 0 Å². The minimum absolute atomic E-state index is 0.0715. The van der Waals surface area contributed by atoms with Gasteiger partial charge in [0.25, 0.3) is 5.91 Å². The number of rotatable bonds is 8. The molecule has 0 fully saturated rings. The van der Waals surface area contributed by atoms with Crippen LogP contribution in [0.5, 0.6) is 17.2 Å². The molecule has 0 saturated heterocycles. The van der Waals surface area contributed by atoms with Crippen molar-refractivity contribution < 1.29 is 28.2 Å². The number of amides is 2. The van der Waals surface area contributed by atoms with Crippen molar-refractivity contribution in [2.75, 3.05) is 26.5 Å². The summed E-state index contributed by atoms with van der Waals surface area (Å²) in [5, 5.41) is 2.00. The van der Waals surface area contributed by atoms with E-state index in [4.69, 9.17) is 14.2 Å². The van der Waals surface area contributed by atoms with Gasteiger partial charge in [-0.1, -0.05) is 19.1 Å². The van der Waals surface area contributed by atoms with Crippen LogP contribution in [0, 0.1) is 5.82 Å². The summed E-state index contributed by atoms with van der Waals surface area (Å²) >= 11 is 1.65. The van der Waals surface area contributed by atoms with Crippen molar-refractivity contribution in [3.8, 4) is 17.2 Å². The standard InChI is InChI=1S/C28H29FN2O5S/c1-3-18(2)31(28(33)19-8-9-24-25(14-19)36-17-35-24)15-27(32)30-12-10-26-20(11-13-37-26)22(30)16-34-23-7-5-4-6-21(23)29/h4-9,11,13-14,18,22H,3,10,12,15-17H2,1-2H3. The molecule has 0 saturated carbocycles. The van der Waals surface area contributed by atoms with Crippen LogP contribution in [0.2, 0.25) is 0 Å². The summed E-state index contributed by atoms with van der Waals surface area (Å²) in [6.07, 6.45) is 1.42. The number of nitrogens with zero attached hydrogens (tertiary/aromatic N) is 2. The Balaban J connectivity index is 1.36. The molecule has 7 nitrogen and oxygen atoms in total. The number of ether oxygens (including phenoxy) is 3. The molecule has 2 aliphatic heterocycles. The Labute approximate surface area is 219 Å². The first kappa shape index (κ1) is 25.1. The minimum Gasteiger partial charge on any atom is -0.488 e. The fourth-order valence-corrected chi connectivity index (χ4v) is 5.61. The van der Waals surface area contributed by atoms with E-state index in [9.17, 15) is 14.0 Å². The summed E-state index contributed by atoms with van der Waals surface area (Å²) in [6.45, 7) is 4.59. The van der Waals surface area contributed by atoms with Crippen LogP contribution < -0.4 is 14.2 Å². The fraction of sp³-hybridized carbons (Fsp3) is 0.357. The van der Waals surface area contributed by atoms with Gasteiger partial charge >= 0.3 is 0 Å². The minimum atomic E-state index is -0.445. The smallest absolute Gasteiger partial charge is 0.254 e. The lowest BCUT2D eigenvalue weighted by molar-refractivity contribution is -0.136. The Kier molecular flexibility index (Phi) is 7.32. The highest BCUT2D eigenvalue weighted by molar-refractivity contribution is 7.10. The molecule has 37 heavy (non-hydrogen) atoms. The monoisotopic (exact) mass is 524 g/mol. The van der Waals surface area contributed by atoms with Gasteiger partial charge in [-0.25, -0.2) is 4.39 Å². The van der Waals surface area contributed by atoms with E-state index in [1.54, 1.807) is 57.5 Å². The third kappa shape index (κ3) is 5.13. The molecule has 2 aliphatic rings. The number of benzene rings is 2. The molecule has 9 heteroatoms. The molecule has 5 rings (SSSR count). The summed E-state index contributed by atoms with van der Waals surface area (Å²) < 4.78 is 30.8. The molecule has 2 atom stereocenters. The van der Waals surface area contributed by atoms with Gasteiger partial charge in [0.15, 0.2) is 23.1 Å². The molecule has 0 N–H and O–H groups in total. The van der Waals surface area contributed by atoms with Crippen molar-refractivity contribution in [1.29, 1.82) is 0 Å². The van der Waals surface area contributed by atoms with Crippen LogP contribution in [0.25, 0.3) is 0 Å². The first-order valence-electron chi connectivity index (χ1n) is 12.4. The lowest BCUT2D eigenvalue weighted by Gasteiger charge is -2.38. The topological polar surface area (TPSA) is 68.3 Å². The molecular formula is C28H29FN2O5S. The molecule has 194 valence electrons. The number of hydrogen-bond acceptors (Lipinski definition) is 6. The zero-order valence-electron chi connectivity index (χ0n) is 20.8. The van der Waals surface area contributed by atoms with E-state index in [-0.39, 0.29) is 49.6 Å². The van der Waals surface area contributed by atoms with Crippen LogP contribution >= 0.6 is 11.3 Å². The normalized spacial score (nSPS) is 16.7. The zero-order chi connectivity index (χ0) is 25.9. The molecule has 2 unspecified atom stereocenters. The lowest BCUT2D eigenvalue weighted by atomic mass is 10.00. The molecule has 2 amide bonds. The average Bonchev–Trinajstić information content (AvgIpc) is 3.59. The van der Waals surface area contributed by atoms with Crippen LogP contribution in [0.4, 0.5) is 4.39 Å². The maximum absolute atomic E-state index is 14.2. The van der Waals surface area contributed by atoms with Gasteiger partial charge < -0.3 is 24.0 Å². The molecule has 0 spiro atoms. The molecule has 0 radical (unpaired) electrons. The molecule has 2 aromatic carbocycles. The summed E-state index contributed by atoms with van der Waals surface area (Å²) in [5.74, 6) is 0.408. The number of para-hydroxylation sites is 1. The van der Waals surface area contributed by atoms with Gasteiger partial charge in [0.05, 0.1) is 6.04 Å². The van der Waals surface area contributed by atoms with Crippen molar-refractivity contribution in [2.24, 2.45) is 0 Å². The Hall–Kier alpha value is -3.59. The predicted octanol–water partition coefficient (Wildman–Crippen LogP) is 5.06. The summed E-state index contributed by atoms with van der Waals surface area (Å²) in [7, 11) is 0. The first-order chi connectivity index (χ1) is 18.0. The number of thiophene rings is 1. The second-order valence-electron chi connectivity index (χ2n) is 9.15. The highest BCUT2D eigenvalue weighted by Crippen LogP contribution is 2.35. The van der Waals surface area contributed by atoms with E-state index in [0.29, 0.717) is 30.0 Å². The van der Waals surface area contributed by atoms with Crippen molar-refractivity contribution in [2.45, 2.75) is 38.8 Å². The number of halogens is 1. The zero-order valence-corrected chi connectivity index (χ0v) is 21.6. The Morgan fingerprint density at radius 1 is 1.19 bits per heavy atom. The largest absolute Gasteiger partial charge is 0.488 e. The number of hydrogen-bond donors (Lipinski definition) is 0. The van der Waals surface area contributed by atoms with Gasteiger partial charge in [0, 0.05) is 23.0 Å². The van der Waals surface area contributed by atoms with Crippen LogP contribution in [0.15, 0.2) is 53.9 Å². The van der Waals surface area contributed by atoms with E-state index in [1.165, 1.54) is 10.9 Å². The first-order valence-corrected chi connectivity index (χ1v) is 13.3. The Bertz CT molecular complexity index is 1300. The maximum Gasteiger partial charge on any atom is 0.254 e. The summed E-state index contributed by atoms with van der Waals surface area (Å²) in [6, 6.07) is 12.8. The molecule has 1 aromatic heterocycles. The predicted molar refractivity (Wildman–Crippen MR) is 138 cm³/mol. The van der Waals surface area contributed by atoms with Crippen LogP contribution in [-0.4, -0.2) is 54.1 Å². The maximum atomic E-state index is 14.2. The second kappa shape index (κ2) is 10.8. The average molecular weight is 525 g/mol. The van der Waals surface area contributed by atoms with Gasteiger partial charge in [-0.3, -0.25) is 9.59 Å². The van der Waals surface area contributed by atoms with Crippen LogP contribution in [0.1, 0.15) is 47.1 Å². The van der Waals surface area contributed by atoms with E-state index in [1.807, 2.05) is 25.3 Å². The van der Waals surface area contributed by atoms with Gasteiger partial charge in [0.2, 0.25) is 12.7 Å². The van der Waals surface area contributed by atoms with Crippen molar-refractivity contribution in [3.05, 3.63) is 75.7 Å². The molecule has 3 heterocycles. The highest BCUT2D eigenvalue weighted by atomic mass is 32.1. The third-order valence-corrected chi connectivity index (χ3v) is 7.95. The molecular weight excluding hydrogens is 495 g/mol. The van der Waals surface area contributed by atoms with E-state index in [2.05, 4.69) is 0 Å². The van der Waals surface area contributed by atoms with E-state index in [0.717, 1.165) is 12.0 Å². The number of carbonyl (C=O) groups is 2. The lowest BCUT2D eigenvalue weighted by Crippen LogP contribution is -2.49. The summed E-state index contributed by atoms with van der Waals surface area (Å²) in [5.41, 5.74) is 1.45. The Morgan fingerprint density at radius 3 is 2.81 bits per heavy atom. The van der Waals surface area contributed by atoms with Crippen LogP contribution in [0.3, 0.4) is 0 Å². The van der Waals surface area contributed by atoms with Gasteiger partial charge in [-0.05, 0) is 67.1 Å². The quantitative estimate of drug-likeness (QED) is 0.412. The molecule has 0 bridgehead atoms. The van der Waals surface area contributed by atoms with E-state index < -0.39 is 5.82 Å². The number of fused-ring (bicyclic) bond motifs is 2. The number of carbonyl (C=O) groups excluding carboxylic acids is 2. The van der Waals surface area contributed by atoms with E-state index >= 15 is 0 Å². The second-order valence-corrected chi connectivity index (χ2v) is 10.2. The Morgan fingerprint density at radius 2 is 2.00 bits per heavy atom. The third-order valence-electron chi connectivity index (χ3n) is 6.96. The molecule has 3 aromatic rings. The van der Waals surface area contributed by atoms with Crippen molar-refractivity contribution in [1.82, 2.24) is 9.80 Å². The van der Waals surface area contributed by atoms with Crippen LogP contribution in [-0.2, 0) is 11.2 Å².